The number of rotatable bonds is 7. The predicted molar refractivity (Wildman–Crippen MR) is 144 cm³/mol. The number of hydrogen-bond donors (Lipinski definition) is 3. The molecule has 1 heterocycles. The van der Waals surface area contributed by atoms with Crippen molar-refractivity contribution >= 4 is 81.0 Å². The third-order valence-corrected chi connectivity index (χ3v) is 7.58. The lowest BCUT2D eigenvalue weighted by Gasteiger charge is -2.19. The Morgan fingerprint density at radius 2 is 1.57 bits per heavy atom. The largest absolute Gasteiger partial charge is 0.508 e. The molecule has 0 bridgehead atoms. The van der Waals surface area contributed by atoms with Crippen LogP contribution in [0.3, 0.4) is 0 Å². The molecule has 0 spiro atoms. The van der Waals surface area contributed by atoms with E-state index in [2.05, 4.69) is 10.3 Å². The quantitative estimate of drug-likeness (QED) is 0.0876. The fourth-order valence-corrected chi connectivity index (χ4v) is 4.70. The first-order valence-corrected chi connectivity index (χ1v) is 12.5. The summed E-state index contributed by atoms with van der Waals surface area (Å²) in [6, 6.07) is 12.5. The van der Waals surface area contributed by atoms with Crippen LogP contribution in [0.2, 0.25) is 25.1 Å². The molecule has 0 unspecified atom stereocenters. The molecular weight excluding hydrogens is 586 g/mol. The maximum absolute atomic E-state index is 13.3. The Morgan fingerprint density at radius 3 is 2.24 bits per heavy atom. The van der Waals surface area contributed by atoms with E-state index >= 15 is 0 Å². The molecule has 0 aliphatic carbocycles. The number of amides is 1. The lowest BCUT2D eigenvalue weighted by molar-refractivity contribution is -0.136. The summed E-state index contributed by atoms with van der Waals surface area (Å²) < 4.78 is 10.7. The van der Waals surface area contributed by atoms with Gasteiger partial charge in [-0.15, -0.1) is 0 Å². The average molecular weight is 603 g/mol. The van der Waals surface area contributed by atoms with E-state index in [1.165, 1.54) is 12.1 Å². The smallest absolute Gasteiger partial charge is 0.408 e. The SMILES string of the molecule is O=C(N[C@@H](Cc1c[nH]c2ccc(O)cc12)C(=O)Oc1c(Cl)c(Cl)c(Cl)c(Cl)c1Cl)OCc1ccccc1. The van der Waals surface area contributed by atoms with E-state index in [4.69, 9.17) is 67.5 Å². The highest BCUT2D eigenvalue weighted by Gasteiger charge is 2.29. The van der Waals surface area contributed by atoms with Gasteiger partial charge in [0.05, 0.1) is 15.1 Å². The van der Waals surface area contributed by atoms with E-state index in [0.717, 1.165) is 5.56 Å². The van der Waals surface area contributed by atoms with Gasteiger partial charge in [0.25, 0.3) is 0 Å². The summed E-state index contributed by atoms with van der Waals surface area (Å²) in [5.74, 6) is -1.20. The maximum atomic E-state index is 13.3. The summed E-state index contributed by atoms with van der Waals surface area (Å²) in [6.45, 7) is -0.0184. The van der Waals surface area contributed by atoms with Gasteiger partial charge >= 0.3 is 12.1 Å². The highest BCUT2D eigenvalue weighted by Crippen LogP contribution is 2.48. The molecular formula is C25H17Cl5N2O5. The number of carbonyl (C=O) groups excluding carboxylic acids is 2. The minimum Gasteiger partial charge on any atom is -0.508 e. The first kappa shape index (κ1) is 27.2. The zero-order chi connectivity index (χ0) is 26.7. The van der Waals surface area contributed by atoms with Crippen LogP contribution in [0.1, 0.15) is 11.1 Å². The normalized spacial score (nSPS) is 11.8. The van der Waals surface area contributed by atoms with Crippen LogP contribution >= 0.6 is 58.0 Å². The van der Waals surface area contributed by atoms with Crippen molar-refractivity contribution in [1.82, 2.24) is 10.3 Å². The first-order valence-electron chi connectivity index (χ1n) is 10.6. The number of aromatic amines is 1. The van der Waals surface area contributed by atoms with Crippen molar-refractivity contribution < 1.29 is 24.2 Å². The Morgan fingerprint density at radius 1 is 0.919 bits per heavy atom. The number of ether oxygens (including phenoxy) is 2. The highest BCUT2D eigenvalue weighted by molar-refractivity contribution is 6.55. The van der Waals surface area contributed by atoms with Gasteiger partial charge in [0.1, 0.15) is 28.4 Å². The van der Waals surface area contributed by atoms with Crippen LogP contribution in [0.5, 0.6) is 11.5 Å². The molecule has 192 valence electrons. The molecule has 0 saturated carbocycles. The van der Waals surface area contributed by atoms with E-state index < -0.39 is 18.1 Å². The molecule has 1 amide bonds. The summed E-state index contributed by atoms with van der Waals surface area (Å²) in [4.78, 5) is 28.9. The Bertz CT molecular complexity index is 1450. The molecule has 4 rings (SSSR count). The number of nitrogens with one attached hydrogen (secondary N) is 2. The summed E-state index contributed by atoms with van der Waals surface area (Å²) in [5, 5.41) is 12.2. The Labute approximate surface area is 236 Å². The number of benzene rings is 3. The van der Waals surface area contributed by atoms with E-state index in [0.29, 0.717) is 16.5 Å². The van der Waals surface area contributed by atoms with Gasteiger partial charge in [-0.2, -0.15) is 0 Å². The van der Waals surface area contributed by atoms with Gasteiger partial charge in [0, 0.05) is 23.5 Å². The number of aromatic hydroxyl groups is 1. The summed E-state index contributed by atoms with van der Waals surface area (Å²) in [5.41, 5.74) is 2.09. The number of aromatic nitrogens is 1. The number of phenolic OH excluding ortho intramolecular Hbond substituents is 1. The van der Waals surface area contributed by atoms with Crippen LogP contribution in [-0.2, 0) is 22.6 Å². The highest BCUT2D eigenvalue weighted by atomic mass is 35.5. The molecule has 1 aromatic heterocycles. The van der Waals surface area contributed by atoms with Crippen molar-refractivity contribution in [3.8, 4) is 11.5 Å². The molecule has 3 N–H and O–H groups in total. The van der Waals surface area contributed by atoms with E-state index in [1.807, 2.05) is 6.07 Å². The zero-order valence-corrected chi connectivity index (χ0v) is 22.4. The van der Waals surface area contributed by atoms with E-state index in [9.17, 15) is 14.7 Å². The van der Waals surface area contributed by atoms with Gasteiger partial charge < -0.3 is 24.9 Å². The van der Waals surface area contributed by atoms with E-state index in [-0.39, 0.29) is 49.6 Å². The van der Waals surface area contributed by atoms with Crippen LogP contribution in [0.15, 0.2) is 54.7 Å². The van der Waals surface area contributed by atoms with Crippen LogP contribution in [0, 0.1) is 0 Å². The number of fused-ring (bicyclic) bond motifs is 1. The summed E-state index contributed by atoms with van der Waals surface area (Å²) in [6.07, 6.45) is 0.752. The fraction of sp³-hybridized carbons (Fsp3) is 0.120. The van der Waals surface area contributed by atoms with Crippen molar-refractivity contribution in [3.63, 3.8) is 0 Å². The zero-order valence-electron chi connectivity index (χ0n) is 18.7. The Kier molecular flexibility index (Phi) is 8.62. The number of alkyl carbamates (subject to hydrolysis) is 1. The molecule has 3 aromatic carbocycles. The molecule has 0 aliphatic heterocycles. The van der Waals surface area contributed by atoms with Crippen LogP contribution in [0.25, 0.3) is 10.9 Å². The summed E-state index contributed by atoms with van der Waals surface area (Å²) >= 11 is 30.6. The van der Waals surface area contributed by atoms with Crippen molar-refractivity contribution in [2.75, 3.05) is 0 Å². The van der Waals surface area contributed by atoms with Gasteiger partial charge in [0.15, 0.2) is 5.75 Å². The molecule has 0 radical (unpaired) electrons. The lowest BCUT2D eigenvalue weighted by atomic mass is 10.0. The third-order valence-electron chi connectivity index (χ3n) is 5.34. The second-order valence-electron chi connectivity index (χ2n) is 7.83. The predicted octanol–water partition coefficient (Wildman–Crippen LogP) is 7.58. The van der Waals surface area contributed by atoms with E-state index in [1.54, 1.807) is 36.5 Å². The minimum absolute atomic E-state index is 0.0184. The summed E-state index contributed by atoms with van der Waals surface area (Å²) in [7, 11) is 0. The van der Waals surface area contributed by atoms with Gasteiger partial charge in [-0.05, 0) is 29.3 Å². The standard InChI is InChI=1S/C25H17Cl5N2O5/c26-18-19(27)21(29)23(22(30)20(18)28)37-24(34)17(32-25(35)36-11-12-4-2-1-3-5-12)8-13-10-31-16-7-6-14(33)9-15(13)16/h1-7,9-10,17,31,33H,8,11H2,(H,32,35)/t17-/m0/s1. The second-order valence-corrected chi connectivity index (χ2v) is 9.72. The number of carbonyl (C=O) groups is 2. The van der Waals surface area contributed by atoms with Crippen LogP contribution in [0.4, 0.5) is 4.79 Å². The fourth-order valence-electron chi connectivity index (χ4n) is 3.50. The van der Waals surface area contributed by atoms with Gasteiger partial charge in [-0.1, -0.05) is 88.3 Å². The molecule has 4 aromatic rings. The Hall–Kier alpha value is -2.81. The molecule has 0 saturated heterocycles. The monoisotopic (exact) mass is 600 g/mol. The van der Waals surface area contributed by atoms with Gasteiger partial charge in [-0.25, -0.2) is 9.59 Å². The first-order chi connectivity index (χ1) is 17.7. The number of hydrogen-bond acceptors (Lipinski definition) is 5. The molecule has 1 atom stereocenters. The van der Waals surface area contributed by atoms with Crippen LogP contribution in [-0.4, -0.2) is 28.2 Å². The van der Waals surface area contributed by atoms with Gasteiger partial charge in [0.2, 0.25) is 0 Å². The third kappa shape index (κ3) is 6.20. The van der Waals surface area contributed by atoms with Crippen LogP contribution < -0.4 is 10.1 Å². The molecule has 0 aliphatic rings. The Balaban J connectivity index is 1.60. The second kappa shape index (κ2) is 11.7. The number of esters is 1. The molecule has 37 heavy (non-hydrogen) atoms. The number of H-pyrrole nitrogens is 1. The molecule has 12 heteroatoms. The minimum atomic E-state index is -1.26. The number of halogens is 5. The number of phenols is 1. The average Bonchev–Trinajstić information content (AvgIpc) is 3.29. The van der Waals surface area contributed by atoms with Crippen molar-refractivity contribution in [2.24, 2.45) is 0 Å². The topological polar surface area (TPSA) is 101 Å². The van der Waals surface area contributed by atoms with Crippen molar-refractivity contribution in [1.29, 1.82) is 0 Å². The molecule has 0 fully saturated rings. The van der Waals surface area contributed by atoms with Crippen molar-refractivity contribution in [3.05, 3.63) is 91.0 Å². The van der Waals surface area contributed by atoms with Gasteiger partial charge in [-0.3, -0.25) is 0 Å². The molecule has 7 nitrogen and oxygen atoms in total. The lowest BCUT2D eigenvalue weighted by Crippen LogP contribution is -2.44. The van der Waals surface area contributed by atoms with Crippen molar-refractivity contribution in [2.45, 2.75) is 19.1 Å². The maximum Gasteiger partial charge on any atom is 0.408 e.